The number of benzene rings is 3. The first-order chi connectivity index (χ1) is 18.2. The molecule has 0 aliphatic carbocycles. The van der Waals surface area contributed by atoms with Crippen LogP contribution in [0.25, 0.3) is 10.2 Å². The van der Waals surface area contributed by atoms with Crippen molar-refractivity contribution < 1.29 is 13.5 Å². The molecule has 194 valence electrons. The number of sulfonamides is 1. The van der Waals surface area contributed by atoms with E-state index in [1.807, 2.05) is 48.5 Å². The van der Waals surface area contributed by atoms with E-state index in [9.17, 15) is 13.5 Å². The molecule has 0 atom stereocenters. The van der Waals surface area contributed by atoms with Crippen LogP contribution >= 0.6 is 11.3 Å². The van der Waals surface area contributed by atoms with Gasteiger partial charge in [-0.1, -0.05) is 53.8 Å². The molecular weight excluding hydrogens is 520 g/mol. The molecular formula is C27H26N6O3S2. The van der Waals surface area contributed by atoms with Crippen LogP contribution in [0.4, 0.5) is 16.9 Å². The number of thiazole rings is 1. The average Bonchev–Trinajstić information content (AvgIpc) is 3.26. The first-order valence-electron chi connectivity index (χ1n) is 11.9. The Labute approximate surface area is 224 Å². The Morgan fingerprint density at radius 1 is 0.947 bits per heavy atom. The fourth-order valence-corrected chi connectivity index (χ4v) is 5.64. The van der Waals surface area contributed by atoms with Crippen molar-refractivity contribution in [3.8, 4) is 5.75 Å². The Bertz CT molecular complexity index is 1710. The first-order valence-corrected chi connectivity index (χ1v) is 14.2. The number of aryl methyl sites for hydroxylation is 1. The lowest BCUT2D eigenvalue weighted by Gasteiger charge is -2.11. The van der Waals surface area contributed by atoms with Gasteiger partial charge in [0.15, 0.2) is 5.13 Å². The standard InChI is InChI=1S/C27H26N6O3S2/c1-17-7-9-21-23(13-17)37-27(31-21)33-25-16-20(14-18-5-3-2-4-6-18)30-26(32-25)29-12-11-19-8-10-22(34)24(15-19)38(28,35)36/h2-10,13,15-16,34H,11-12,14H2,1H3,(H2,28,35,36)(H2,29,30,31,32,33). The van der Waals surface area contributed by atoms with E-state index in [4.69, 9.17) is 10.1 Å². The van der Waals surface area contributed by atoms with Gasteiger partial charge in [-0.15, -0.1) is 0 Å². The second-order valence-electron chi connectivity index (χ2n) is 8.87. The van der Waals surface area contributed by atoms with Crippen molar-refractivity contribution in [3.63, 3.8) is 0 Å². The van der Waals surface area contributed by atoms with Gasteiger partial charge >= 0.3 is 0 Å². The van der Waals surface area contributed by atoms with Crippen LogP contribution in [0.2, 0.25) is 0 Å². The Balaban J connectivity index is 1.37. The van der Waals surface area contributed by atoms with E-state index >= 15 is 0 Å². The van der Waals surface area contributed by atoms with Crippen LogP contribution in [-0.4, -0.2) is 35.0 Å². The summed E-state index contributed by atoms with van der Waals surface area (Å²) in [6, 6.07) is 22.5. The average molecular weight is 547 g/mol. The number of fused-ring (bicyclic) bond motifs is 1. The minimum absolute atomic E-state index is 0.298. The Morgan fingerprint density at radius 2 is 1.76 bits per heavy atom. The maximum absolute atomic E-state index is 11.7. The van der Waals surface area contributed by atoms with Gasteiger partial charge in [0, 0.05) is 19.0 Å². The molecule has 0 aliphatic heterocycles. The molecule has 0 unspecified atom stereocenters. The number of phenolic OH excluding ortho intramolecular Hbond substituents is 1. The van der Waals surface area contributed by atoms with Gasteiger partial charge in [-0.3, -0.25) is 0 Å². The molecule has 0 bridgehead atoms. The van der Waals surface area contributed by atoms with Gasteiger partial charge in [-0.25, -0.2) is 23.5 Å². The van der Waals surface area contributed by atoms with Gasteiger partial charge in [0.05, 0.1) is 15.9 Å². The lowest BCUT2D eigenvalue weighted by atomic mass is 10.1. The highest BCUT2D eigenvalue weighted by molar-refractivity contribution is 7.89. The molecule has 0 saturated carbocycles. The number of anilines is 3. The summed E-state index contributed by atoms with van der Waals surface area (Å²) in [4.78, 5) is 13.7. The third kappa shape index (κ3) is 6.25. The van der Waals surface area contributed by atoms with Crippen LogP contribution in [0.1, 0.15) is 22.4 Å². The van der Waals surface area contributed by atoms with Crippen LogP contribution in [0, 0.1) is 6.92 Å². The Morgan fingerprint density at radius 3 is 2.55 bits per heavy atom. The molecule has 3 aromatic carbocycles. The second kappa shape index (κ2) is 10.7. The molecule has 5 rings (SSSR count). The SMILES string of the molecule is Cc1ccc2nc(Nc3cc(Cc4ccccc4)nc(NCCc4ccc(O)c(S(N)(=O)=O)c4)n3)sc2c1. The van der Waals surface area contributed by atoms with E-state index in [0.717, 1.165) is 26.6 Å². The molecule has 0 radical (unpaired) electrons. The van der Waals surface area contributed by atoms with Gasteiger partial charge in [-0.2, -0.15) is 4.98 Å². The minimum atomic E-state index is -4.02. The van der Waals surface area contributed by atoms with E-state index in [0.29, 0.717) is 36.7 Å². The van der Waals surface area contributed by atoms with Crippen molar-refractivity contribution in [3.05, 3.63) is 95.2 Å². The van der Waals surface area contributed by atoms with Crippen LogP contribution in [0.5, 0.6) is 5.75 Å². The third-order valence-electron chi connectivity index (χ3n) is 5.81. The lowest BCUT2D eigenvalue weighted by Crippen LogP contribution is -2.14. The molecule has 0 saturated heterocycles. The van der Waals surface area contributed by atoms with E-state index in [2.05, 4.69) is 33.6 Å². The maximum atomic E-state index is 11.7. The summed E-state index contributed by atoms with van der Waals surface area (Å²) in [7, 11) is -4.02. The predicted molar refractivity (Wildman–Crippen MR) is 151 cm³/mol. The lowest BCUT2D eigenvalue weighted by molar-refractivity contribution is 0.458. The number of aromatic hydroxyl groups is 1. The molecule has 0 spiro atoms. The largest absolute Gasteiger partial charge is 0.507 e. The van der Waals surface area contributed by atoms with Crippen LogP contribution in [0.3, 0.4) is 0 Å². The normalized spacial score (nSPS) is 11.5. The molecule has 2 heterocycles. The van der Waals surface area contributed by atoms with Crippen LogP contribution < -0.4 is 15.8 Å². The molecule has 5 N–H and O–H groups in total. The second-order valence-corrected chi connectivity index (χ2v) is 11.4. The predicted octanol–water partition coefficient (Wildman–Crippen LogP) is 4.74. The molecule has 2 aromatic heterocycles. The number of aromatic nitrogens is 3. The first kappa shape index (κ1) is 25.6. The zero-order chi connectivity index (χ0) is 26.7. The third-order valence-corrected chi connectivity index (χ3v) is 7.69. The maximum Gasteiger partial charge on any atom is 0.241 e. The molecule has 0 aliphatic rings. The van der Waals surface area contributed by atoms with Gasteiger partial charge in [0.2, 0.25) is 16.0 Å². The van der Waals surface area contributed by atoms with E-state index in [1.165, 1.54) is 17.7 Å². The summed E-state index contributed by atoms with van der Waals surface area (Å²) in [5.74, 6) is 0.676. The molecule has 9 nitrogen and oxygen atoms in total. The van der Waals surface area contributed by atoms with Crippen molar-refractivity contribution in [1.82, 2.24) is 15.0 Å². The smallest absolute Gasteiger partial charge is 0.241 e. The molecule has 38 heavy (non-hydrogen) atoms. The summed E-state index contributed by atoms with van der Waals surface area (Å²) < 4.78 is 24.5. The van der Waals surface area contributed by atoms with Crippen molar-refractivity contribution in [2.45, 2.75) is 24.7 Å². The quantitative estimate of drug-likeness (QED) is 0.208. The number of nitrogens with zero attached hydrogens (tertiary/aromatic N) is 3. The number of rotatable bonds is 9. The summed E-state index contributed by atoms with van der Waals surface area (Å²) in [6.45, 7) is 2.49. The molecule has 5 aromatic rings. The van der Waals surface area contributed by atoms with E-state index in [1.54, 1.807) is 17.4 Å². The summed E-state index contributed by atoms with van der Waals surface area (Å²) >= 11 is 1.56. The van der Waals surface area contributed by atoms with Crippen molar-refractivity contribution in [2.75, 3.05) is 17.2 Å². The van der Waals surface area contributed by atoms with E-state index < -0.39 is 10.0 Å². The number of nitrogens with one attached hydrogen (secondary N) is 2. The number of phenols is 1. The zero-order valence-corrected chi connectivity index (χ0v) is 22.2. The van der Waals surface area contributed by atoms with Crippen molar-refractivity contribution >= 4 is 48.5 Å². The summed E-state index contributed by atoms with van der Waals surface area (Å²) in [5.41, 5.74) is 4.75. The zero-order valence-electron chi connectivity index (χ0n) is 20.5. The van der Waals surface area contributed by atoms with E-state index in [-0.39, 0.29) is 10.6 Å². The van der Waals surface area contributed by atoms with Crippen molar-refractivity contribution in [1.29, 1.82) is 0 Å². The number of primary sulfonamides is 1. The van der Waals surface area contributed by atoms with Crippen molar-refractivity contribution in [2.24, 2.45) is 5.14 Å². The molecule has 0 fully saturated rings. The molecule has 11 heteroatoms. The highest BCUT2D eigenvalue weighted by atomic mass is 32.2. The highest BCUT2D eigenvalue weighted by Gasteiger charge is 2.14. The number of hydrogen-bond donors (Lipinski definition) is 4. The van der Waals surface area contributed by atoms with Gasteiger partial charge in [0.25, 0.3) is 0 Å². The number of nitrogens with two attached hydrogens (primary N) is 1. The van der Waals surface area contributed by atoms with Crippen LogP contribution in [0.15, 0.2) is 77.7 Å². The number of hydrogen-bond acceptors (Lipinski definition) is 9. The fraction of sp³-hybridized carbons (Fsp3) is 0.148. The van der Waals surface area contributed by atoms with Crippen LogP contribution in [-0.2, 0) is 22.9 Å². The fourth-order valence-electron chi connectivity index (χ4n) is 3.99. The Kier molecular flexibility index (Phi) is 7.23. The summed E-state index contributed by atoms with van der Waals surface area (Å²) in [6.07, 6.45) is 1.09. The summed E-state index contributed by atoms with van der Waals surface area (Å²) in [5, 5.41) is 22.3. The topological polar surface area (TPSA) is 143 Å². The molecule has 0 amide bonds. The van der Waals surface area contributed by atoms with Gasteiger partial charge in [0.1, 0.15) is 16.5 Å². The minimum Gasteiger partial charge on any atom is -0.507 e. The Hall–Kier alpha value is -4.06. The van der Waals surface area contributed by atoms with Gasteiger partial charge in [-0.05, 0) is 54.3 Å². The monoisotopic (exact) mass is 546 g/mol. The van der Waals surface area contributed by atoms with Gasteiger partial charge < -0.3 is 15.7 Å². The highest BCUT2D eigenvalue weighted by Crippen LogP contribution is 2.29.